The predicted octanol–water partition coefficient (Wildman–Crippen LogP) is 5.11. The van der Waals surface area contributed by atoms with Gasteiger partial charge < -0.3 is 10.1 Å². The SMILES string of the molecule is CCCNc1cccc(Oc2cc(Br)ccc2Cl)n1. The first-order valence-electron chi connectivity index (χ1n) is 6.03. The lowest BCUT2D eigenvalue weighted by Gasteiger charge is -2.09. The zero-order valence-corrected chi connectivity index (χ0v) is 12.8. The second kappa shape index (κ2) is 6.78. The van der Waals surface area contributed by atoms with Crippen molar-refractivity contribution in [1.82, 2.24) is 4.98 Å². The molecule has 100 valence electrons. The summed E-state index contributed by atoms with van der Waals surface area (Å²) in [6.45, 7) is 2.99. The summed E-state index contributed by atoms with van der Waals surface area (Å²) in [5.41, 5.74) is 0. The van der Waals surface area contributed by atoms with Gasteiger partial charge in [-0.25, -0.2) is 0 Å². The molecule has 0 saturated carbocycles. The van der Waals surface area contributed by atoms with E-state index >= 15 is 0 Å². The van der Waals surface area contributed by atoms with E-state index in [9.17, 15) is 0 Å². The number of ether oxygens (including phenoxy) is 1. The van der Waals surface area contributed by atoms with E-state index in [4.69, 9.17) is 16.3 Å². The Balaban J connectivity index is 2.16. The number of anilines is 1. The van der Waals surface area contributed by atoms with Crippen molar-refractivity contribution in [1.29, 1.82) is 0 Å². The fourth-order valence-corrected chi connectivity index (χ4v) is 1.99. The van der Waals surface area contributed by atoms with Crippen molar-refractivity contribution in [3.63, 3.8) is 0 Å². The van der Waals surface area contributed by atoms with Crippen LogP contribution in [-0.4, -0.2) is 11.5 Å². The van der Waals surface area contributed by atoms with Crippen LogP contribution in [0.4, 0.5) is 5.82 Å². The van der Waals surface area contributed by atoms with E-state index in [0.717, 1.165) is 23.3 Å². The summed E-state index contributed by atoms with van der Waals surface area (Å²) in [6.07, 6.45) is 1.05. The molecule has 5 heteroatoms. The molecule has 2 rings (SSSR count). The second-order valence-electron chi connectivity index (χ2n) is 3.96. The first kappa shape index (κ1) is 14.2. The monoisotopic (exact) mass is 340 g/mol. The van der Waals surface area contributed by atoms with E-state index in [1.165, 1.54) is 0 Å². The van der Waals surface area contributed by atoms with Crippen LogP contribution in [0.25, 0.3) is 0 Å². The number of hydrogen-bond donors (Lipinski definition) is 1. The third-order valence-electron chi connectivity index (χ3n) is 2.39. The maximum absolute atomic E-state index is 6.08. The molecule has 3 nitrogen and oxygen atoms in total. The average Bonchev–Trinajstić information content (AvgIpc) is 2.41. The van der Waals surface area contributed by atoms with Gasteiger partial charge in [-0.2, -0.15) is 4.98 Å². The Hall–Kier alpha value is -1.26. The lowest BCUT2D eigenvalue weighted by atomic mass is 10.3. The number of aromatic nitrogens is 1. The Morgan fingerprint density at radius 3 is 2.95 bits per heavy atom. The average molecular weight is 342 g/mol. The molecular formula is C14H14BrClN2O. The summed E-state index contributed by atoms with van der Waals surface area (Å²) < 4.78 is 6.61. The Morgan fingerprint density at radius 1 is 1.32 bits per heavy atom. The highest BCUT2D eigenvalue weighted by atomic mass is 79.9. The van der Waals surface area contributed by atoms with E-state index in [1.807, 2.05) is 24.3 Å². The van der Waals surface area contributed by atoms with Gasteiger partial charge >= 0.3 is 0 Å². The smallest absolute Gasteiger partial charge is 0.221 e. The van der Waals surface area contributed by atoms with E-state index < -0.39 is 0 Å². The lowest BCUT2D eigenvalue weighted by Crippen LogP contribution is -2.02. The normalized spacial score (nSPS) is 10.3. The molecule has 1 aromatic carbocycles. The Labute approximate surface area is 126 Å². The van der Waals surface area contributed by atoms with Crippen molar-refractivity contribution in [2.24, 2.45) is 0 Å². The Bertz CT molecular complexity index is 563. The molecular weight excluding hydrogens is 328 g/mol. The van der Waals surface area contributed by atoms with Crippen LogP contribution >= 0.6 is 27.5 Å². The van der Waals surface area contributed by atoms with Crippen LogP contribution in [0.1, 0.15) is 13.3 Å². The van der Waals surface area contributed by atoms with Gasteiger partial charge in [-0.3, -0.25) is 0 Å². The number of pyridine rings is 1. The largest absolute Gasteiger partial charge is 0.437 e. The first-order chi connectivity index (χ1) is 9.19. The summed E-state index contributed by atoms with van der Waals surface area (Å²) in [4.78, 5) is 4.37. The standard InChI is InChI=1S/C14H14BrClN2O/c1-2-8-17-13-4-3-5-14(18-13)19-12-9-10(15)6-7-11(12)16/h3-7,9H,2,8H2,1H3,(H,17,18). The third-order valence-corrected chi connectivity index (χ3v) is 3.19. The molecule has 0 atom stereocenters. The predicted molar refractivity (Wildman–Crippen MR) is 82.2 cm³/mol. The lowest BCUT2D eigenvalue weighted by molar-refractivity contribution is 0.463. The Morgan fingerprint density at radius 2 is 2.16 bits per heavy atom. The quantitative estimate of drug-likeness (QED) is 0.820. The van der Waals surface area contributed by atoms with Gasteiger partial charge in [0.25, 0.3) is 0 Å². The highest BCUT2D eigenvalue weighted by molar-refractivity contribution is 9.10. The fourth-order valence-electron chi connectivity index (χ4n) is 1.49. The van der Waals surface area contributed by atoms with E-state index in [2.05, 4.69) is 33.2 Å². The molecule has 1 aromatic heterocycles. The molecule has 0 saturated heterocycles. The van der Waals surface area contributed by atoms with E-state index in [-0.39, 0.29) is 0 Å². The summed E-state index contributed by atoms with van der Waals surface area (Å²) in [6, 6.07) is 11.1. The molecule has 0 unspecified atom stereocenters. The molecule has 1 N–H and O–H groups in total. The van der Waals surface area contributed by atoms with Crippen LogP contribution in [0, 0.1) is 0 Å². The van der Waals surface area contributed by atoms with Gasteiger partial charge in [0.1, 0.15) is 11.6 Å². The summed E-state index contributed by atoms with van der Waals surface area (Å²) in [5.74, 6) is 1.89. The van der Waals surface area contributed by atoms with Gasteiger partial charge in [0.2, 0.25) is 5.88 Å². The van der Waals surface area contributed by atoms with Crippen molar-refractivity contribution < 1.29 is 4.74 Å². The van der Waals surface area contributed by atoms with Crippen molar-refractivity contribution >= 4 is 33.3 Å². The second-order valence-corrected chi connectivity index (χ2v) is 5.29. The number of nitrogens with one attached hydrogen (secondary N) is 1. The fraction of sp³-hybridized carbons (Fsp3) is 0.214. The number of hydrogen-bond acceptors (Lipinski definition) is 3. The molecule has 19 heavy (non-hydrogen) atoms. The zero-order valence-electron chi connectivity index (χ0n) is 10.5. The molecule has 0 radical (unpaired) electrons. The molecule has 0 aliphatic heterocycles. The van der Waals surface area contributed by atoms with Crippen LogP contribution in [0.3, 0.4) is 0 Å². The van der Waals surface area contributed by atoms with Gasteiger partial charge in [0, 0.05) is 17.1 Å². The van der Waals surface area contributed by atoms with Gasteiger partial charge in [-0.15, -0.1) is 0 Å². The highest BCUT2D eigenvalue weighted by Gasteiger charge is 2.05. The van der Waals surface area contributed by atoms with Crippen molar-refractivity contribution in [3.8, 4) is 11.6 Å². The van der Waals surface area contributed by atoms with E-state index in [0.29, 0.717) is 16.7 Å². The molecule has 0 amide bonds. The van der Waals surface area contributed by atoms with Gasteiger partial charge in [-0.1, -0.05) is 40.5 Å². The summed E-state index contributed by atoms with van der Waals surface area (Å²) in [5, 5.41) is 3.77. The van der Waals surface area contributed by atoms with Crippen molar-refractivity contribution in [3.05, 3.63) is 45.9 Å². The van der Waals surface area contributed by atoms with Crippen LogP contribution in [0.2, 0.25) is 5.02 Å². The third kappa shape index (κ3) is 4.11. The van der Waals surface area contributed by atoms with Crippen LogP contribution in [0.5, 0.6) is 11.6 Å². The van der Waals surface area contributed by atoms with Crippen molar-refractivity contribution in [2.75, 3.05) is 11.9 Å². The molecule has 0 fully saturated rings. The topological polar surface area (TPSA) is 34.1 Å². The van der Waals surface area contributed by atoms with E-state index in [1.54, 1.807) is 12.1 Å². The van der Waals surface area contributed by atoms with Crippen molar-refractivity contribution in [2.45, 2.75) is 13.3 Å². The van der Waals surface area contributed by atoms with Gasteiger partial charge in [-0.05, 0) is 30.7 Å². The van der Waals surface area contributed by atoms with Crippen LogP contribution < -0.4 is 10.1 Å². The summed E-state index contributed by atoms with van der Waals surface area (Å²) in [7, 11) is 0. The minimum atomic E-state index is 0.515. The number of nitrogens with zero attached hydrogens (tertiary/aromatic N) is 1. The number of benzene rings is 1. The minimum absolute atomic E-state index is 0.515. The zero-order chi connectivity index (χ0) is 13.7. The molecule has 0 spiro atoms. The molecule has 2 aromatic rings. The molecule has 0 aliphatic carbocycles. The maximum atomic E-state index is 6.08. The first-order valence-corrected chi connectivity index (χ1v) is 7.20. The molecule has 1 heterocycles. The summed E-state index contributed by atoms with van der Waals surface area (Å²) >= 11 is 9.47. The minimum Gasteiger partial charge on any atom is -0.437 e. The number of rotatable bonds is 5. The highest BCUT2D eigenvalue weighted by Crippen LogP contribution is 2.31. The van der Waals surface area contributed by atoms with Gasteiger partial charge in [0.15, 0.2) is 0 Å². The molecule has 0 aliphatic rings. The van der Waals surface area contributed by atoms with Crippen LogP contribution in [-0.2, 0) is 0 Å². The maximum Gasteiger partial charge on any atom is 0.221 e. The van der Waals surface area contributed by atoms with Crippen LogP contribution in [0.15, 0.2) is 40.9 Å². The number of halogens is 2. The Kier molecular flexibility index (Phi) is 5.05. The molecule has 0 bridgehead atoms. The van der Waals surface area contributed by atoms with Gasteiger partial charge in [0.05, 0.1) is 5.02 Å².